The van der Waals surface area contributed by atoms with E-state index in [9.17, 15) is 9.59 Å². The number of carbonyl (C=O) groups excluding carboxylic acids is 2. The second kappa shape index (κ2) is 11.5. The molecular weight excluding hydrogens is 452 g/mol. The second-order valence-corrected chi connectivity index (χ2v) is 9.86. The fraction of sp³-hybridized carbons (Fsp3) is 0.400. The van der Waals surface area contributed by atoms with Crippen molar-refractivity contribution in [2.24, 2.45) is 5.92 Å². The molecule has 36 heavy (non-hydrogen) atoms. The van der Waals surface area contributed by atoms with Crippen molar-refractivity contribution in [2.45, 2.75) is 59.6 Å². The van der Waals surface area contributed by atoms with E-state index in [0.29, 0.717) is 36.9 Å². The van der Waals surface area contributed by atoms with Crippen molar-refractivity contribution in [3.8, 4) is 5.75 Å². The van der Waals surface area contributed by atoms with Gasteiger partial charge in [0, 0.05) is 19.5 Å². The van der Waals surface area contributed by atoms with Crippen LogP contribution in [0.2, 0.25) is 0 Å². The Kier molecular flexibility index (Phi) is 8.14. The van der Waals surface area contributed by atoms with Gasteiger partial charge in [0.15, 0.2) is 5.76 Å². The summed E-state index contributed by atoms with van der Waals surface area (Å²) in [6.45, 7) is 9.76. The number of carbonyl (C=O) groups is 2. The van der Waals surface area contributed by atoms with E-state index < -0.39 is 0 Å². The molecule has 2 amide bonds. The number of amides is 2. The molecule has 4 rings (SSSR count). The average Bonchev–Trinajstić information content (AvgIpc) is 3.35. The van der Waals surface area contributed by atoms with Gasteiger partial charge in [0.2, 0.25) is 5.91 Å². The second-order valence-electron chi connectivity index (χ2n) is 9.86. The fourth-order valence-corrected chi connectivity index (χ4v) is 4.65. The SMILES string of the molecule is CCC(=O)N1CCc2ccc(OCc3ccc(C(=O)NCCC(C)C)o3)cc2[C@H]1c1cccc(C)c1. The normalized spacial score (nSPS) is 15.0. The van der Waals surface area contributed by atoms with Crippen molar-refractivity contribution in [2.75, 3.05) is 13.1 Å². The lowest BCUT2D eigenvalue weighted by molar-refractivity contribution is -0.132. The van der Waals surface area contributed by atoms with E-state index in [2.05, 4.69) is 50.4 Å². The van der Waals surface area contributed by atoms with E-state index >= 15 is 0 Å². The molecule has 6 heteroatoms. The summed E-state index contributed by atoms with van der Waals surface area (Å²) in [6.07, 6.45) is 2.21. The summed E-state index contributed by atoms with van der Waals surface area (Å²) in [7, 11) is 0. The third-order valence-electron chi connectivity index (χ3n) is 6.60. The summed E-state index contributed by atoms with van der Waals surface area (Å²) in [5, 5.41) is 2.89. The van der Waals surface area contributed by atoms with Gasteiger partial charge >= 0.3 is 0 Å². The number of furan rings is 1. The molecule has 0 saturated heterocycles. The van der Waals surface area contributed by atoms with Crippen LogP contribution in [-0.4, -0.2) is 29.8 Å². The zero-order valence-corrected chi connectivity index (χ0v) is 21.7. The Labute approximate surface area is 213 Å². The standard InChI is InChI=1S/C30H36N2O4/c1-5-28(33)32-16-14-22-9-10-24(18-26(22)29(32)23-8-6-7-21(4)17-23)35-19-25-11-12-27(36-25)30(34)31-15-13-20(2)3/h6-12,17-18,20,29H,5,13-16,19H2,1-4H3,(H,31,34)/t29-/m1/s1. The fourth-order valence-electron chi connectivity index (χ4n) is 4.65. The van der Waals surface area contributed by atoms with E-state index in [4.69, 9.17) is 9.15 Å². The van der Waals surface area contributed by atoms with Gasteiger partial charge in [-0.3, -0.25) is 9.59 Å². The van der Waals surface area contributed by atoms with E-state index in [-0.39, 0.29) is 30.2 Å². The lowest BCUT2D eigenvalue weighted by Crippen LogP contribution is -2.40. The molecule has 190 valence electrons. The molecule has 1 aromatic heterocycles. The number of aryl methyl sites for hydroxylation is 1. The topological polar surface area (TPSA) is 71.8 Å². The van der Waals surface area contributed by atoms with E-state index in [1.807, 2.05) is 30.0 Å². The molecule has 3 aromatic rings. The molecule has 2 aromatic carbocycles. The number of nitrogens with one attached hydrogen (secondary N) is 1. The molecule has 0 saturated carbocycles. The van der Waals surface area contributed by atoms with E-state index in [1.165, 1.54) is 5.56 Å². The summed E-state index contributed by atoms with van der Waals surface area (Å²) in [5.41, 5.74) is 4.59. The first kappa shape index (κ1) is 25.5. The van der Waals surface area contributed by atoms with Crippen LogP contribution in [0.3, 0.4) is 0 Å². The summed E-state index contributed by atoms with van der Waals surface area (Å²) >= 11 is 0. The van der Waals surface area contributed by atoms with Gasteiger partial charge in [0.1, 0.15) is 18.1 Å². The summed E-state index contributed by atoms with van der Waals surface area (Å²) in [6, 6.07) is 17.8. The number of ether oxygens (including phenoxy) is 1. The number of rotatable bonds is 9. The zero-order valence-electron chi connectivity index (χ0n) is 21.7. The minimum absolute atomic E-state index is 0.144. The summed E-state index contributed by atoms with van der Waals surface area (Å²) in [5.74, 6) is 2.04. The lowest BCUT2D eigenvalue weighted by Gasteiger charge is -2.38. The van der Waals surface area contributed by atoms with Gasteiger partial charge in [-0.15, -0.1) is 0 Å². The first-order valence-electron chi connectivity index (χ1n) is 12.8. The van der Waals surface area contributed by atoms with Crippen LogP contribution in [0.5, 0.6) is 5.75 Å². The van der Waals surface area contributed by atoms with Crippen LogP contribution in [0.15, 0.2) is 59.0 Å². The maximum Gasteiger partial charge on any atom is 0.286 e. The first-order chi connectivity index (χ1) is 17.4. The maximum absolute atomic E-state index is 12.8. The number of fused-ring (bicyclic) bond motifs is 1. The molecule has 1 aliphatic rings. The third kappa shape index (κ3) is 5.99. The van der Waals surface area contributed by atoms with Crippen molar-refractivity contribution in [1.82, 2.24) is 10.2 Å². The maximum atomic E-state index is 12.8. The Bertz CT molecular complexity index is 1210. The number of hydrogen-bond donors (Lipinski definition) is 1. The molecule has 0 unspecified atom stereocenters. The van der Waals surface area contributed by atoms with Crippen molar-refractivity contribution in [3.63, 3.8) is 0 Å². The number of hydrogen-bond acceptors (Lipinski definition) is 4. The third-order valence-corrected chi connectivity index (χ3v) is 6.60. The Morgan fingerprint density at radius 3 is 2.72 bits per heavy atom. The monoisotopic (exact) mass is 488 g/mol. The van der Waals surface area contributed by atoms with E-state index in [1.54, 1.807) is 12.1 Å². The van der Waals surface area contributed by atoms with E-state index in [0.717, 1.165) is 29.5 Å². The molecule has 1 atom stereocenters. The summed E-state index contributed by atoms with van der Waals surface area (Å²) < 4.78 is 11.8. The molecule has 0 radical (unpaired) electrons. The Morgan fingerprint density at radius 2 is 1.97 bits per heavy atom. The smallest absolute Gasteiger partial charge is 0.286 e. The zero-order chi connectivity index (χ0) is 25.7. The van der Waals surface area contributed by atoms with Crippen molar-refractivity contribution >= 4 is 11.8 Å². The van der Waals surface area contributed by atoms with Crippen LogP contribution in [-0.2, 0) is 17.8 Å². The number of benzene rings is 2. The van der Waals surface area contributed by atoms with Crippen molar-refractivity contribution in [3.05, 3.63) is 88.4 Å². The molecule has 1 aliphatic heterocycles. The Balaban J connectivity index is 1.50. The van der Waals surface area contributed by atoms with Crippen LogP contribution < -0.4 is 10.1 Å². The highest BCUT2D eigenvalue weighted by atomic mass is 16.5. The highest BCUT2D eigenvalue weighted by Gasteiger charge is 2.31. The number of nitrogens with zero attached hydrogens (tertiary/aromatic N) is 1. The summed E-state index contributed by atoms with van der Waals surface area (Å²) in [4.78, 5) is 27.1. The van der Waals surface area contributed by atoms with Gasteiger partial charge in [-0.2, -0.15) is 0 Å². The Morgan fingerprint density at radius 1 is 1.14 bits per heavy atom. The highest BCUT2D eigenvalue weighted by molar-refractivity contribution is 5.91. The van der Waals surface area contributed by atoms with Crippen LogP contribution in [0.25, 0.3) is 0 Å². The molecular formula is C30H36N2O4. The molecule has 0 aliphatic carbocycles. The highest BCUT2D eigenvalue weighted by Crippen LogP contribution is 2.38. The minimum Gasteiger partial charge on any atom is -0.486 e. The van der Waals surface area contributed by atoms with Gasteiger partial charge < -0.3 is 19.4 Å². The molecule has 0 fully saturated rings. The first-order valence-corrected chi connectivity index (χ1v) is 12.8. The predicted octanol–water partition coefficient (Wildman–Crippen LogP) is 5.83. The van der Waals surface area contributed by atoms with Crippen LogP contribution in [0.1, 0.15) is 78.2 Å². The molecule has 0 spiro atoms. The van der Waals surface area contributed by atoms with Crippen molar-refractivity contribution in [1.29, 1.82) is 0 Å². The minimum atomic E-state index is -0.211. The van der Waals surface area contributed by atoms with Crippen LogP contribution in [0, 0.1) is 12.8 Å². The van der Waals surface area contributed by atoms with Gasteiger partial charge in [-0.25, -0.2) is 0 Å². The quantitative estimate of drug-likeness (QED) is 0.412. The van der Waals surface area contributed by atoms with Gasteiger partial charge in [-0.1, -0.05) is 56.7 Å². The van der Waals surface area contributed by atoms with Crippen LogP contribution in [0.4, 0.5) is 0 Å². The van der Waals surface area contributed by atoms with Gasteiger partial charge in [0.05, 0.1) is 6.04 Å². The molecule has 0 bridgehead atoms. The Hall–Kier alpha value is -3.54. The van der Waals surface area contributed by atoms with Gasteiger partial charge in [0.25, 0.3) is 5.91 Å². The van der Waals surface area contributed by atoms with Crippen molar-refractivity contribution < 1.29 is 18.7 Å². The molecule has 2 heterocycles. The predicted molar refractivity (Wildman–Crippen MR) is 140 cm³/mol. The average molecular weight is 489 g/mol. The largest absolute Gasteiger partial charge is 0.486 e. The van der Waals surface area contributed by atoms with Gasteiger partial charge in [-0.05, 0) is 66.6 Å². The molecule has 6 nitrogen and oxygen atoms in total. The lowest BCUT2D eigenvalue weighted by atomic mass is 9.87. The van der Waals surface area contributed by atoms with Crippen LogP contribution >= 0.6 is 0 Å². The molecule has 1 N–H and O–H groups in total.